The van der Waals surface area contributed by atoms with Crippen LogP contribution in [-0.4, -0.2) is 64.5 Å². The molecule has 1 fully saturated rings. The normalized spacial score (nSPS) is 17.9. The van der Waals surface area contributed by atoms with Crippen LogP contribution in [0.1, 0.15) is 75.7 Å². The molecule has 1 heterocycles. The van der Waals surface area contributed by atoms with Crippen LogP contribution in [0.2, 0.25) is 0 Å². The van der Waals surface area contributed by atoms with Crippen LogP contribution in [0.25, 0.3) is 0 Å². The maximum Gasteiger partial charge on any atom is 0.303 e. The lowest BCUT2D eigenvalue weighted by atomic mass is 9.99. The highest BCUT2D eigenvalue weighted by atomic mass is 31.2. The lowest BCUT2D eigenvalue weighted by Gasteiger charge is -2.44. The monoisotopic (exact) mass is 422 g/mol. The first-order chi connectivity index (χ1) is 11.8. The summed E-state index contributed by atoms with van der Waals surface area (Å²) in [5.41, 5.74) is -0.0805. The van der Waals surface area contributed by atoms with Crippen molar-refractivity contribution >= 4 is 19.4 Å². The third-order valence-corrected chi connectivity index (χ3v) is 7.60. The highest BCUT2D eigenvalue weighted by Gasteiger charge is 2.45. The van der Waals surface area contributed by atoms with Gasteiger partial charge in [-0.05, 0) is 32.6 Å². The van der Waals surface area contributed by atoms with E-state index in [1.165, 1.54) is 0 Å². The average Bonchev–Trinajstić information content (AvgIpc) is 2.50. The summed E-state index contributed by atoms with van der Waals surface area (Å²) in [5.74, 6) is -0.920. The van der Waals surface area contributed by atoms with E-state index in [0.717, 1.165) is 0 Å². The van der Waals surface area contributed by atoms with Crippen LogP contribution in [0, 0.1) is 5.41 Å². The van der Waals surface area contributed by atoms with Gasteiger partial charge in [0.05, 0.1) is 11.8 Å². The first-order valence-corrected chi connectivity index (χ1v) is 10.8. The molecule has 1 unspecified atom stereocenters. The smallest absolute Gasteiger partial charge is 0.303 e. The summed E-state index contributed by atoms with van der Waals surface area (Å²) < 4.78 is 21.6. The Labute approximate surface area is 172 Å². The number of carboxylic acids is 1. The van der Waals surface area contributed by atoms with Gasteiger partial charge in [-0.25, -0.2) is 4.67 Å². The lowest BCUT2D eigenvalue weighted by molar-refractivity contribution is -0.137. The van der Waals surface area contributed by atoms with Crippen molar-refractivity contribution in [1.29, 1.82) is 0 Å². The zero-order valence-corrected chi connectivity index (χ0v) is 18.0. The first-order valence-electron chi connectivity index (χ1n) is 9.26. The third kappa shape index (κ3) is 8.62. The Hall–Kier alpha value is -0.910. The second kappa shape index (κ2) is 11.3. The molecule has 28 heavy (non-hydrogen) atoms. The Morgan fingerprint density at radius 1 is 0.964 bits per heavy atom. The van der Waals surface area contributed by atoms with E-state index in [1.807, 2.05) is 46.2 Å². The Bertz CT molecular complexity index is 544. The molecule has 0 saturated carbocycles. The van der Waals surface area contributed by atoms with E-state index in [-0.39, 0.29) is 39.0 Å². The van der Waals surface area contributed by atoms with Crippen LogP contribution >= 0.6 is 7.52 Å². The Balaban J connectivity index is 0. The summed E-state index contributed by atoms with van der Waals surface area (Å²) in [5, 5.41) is 8.16. The molecule has 0 spiro atoms. The van der Waals surface area contributed by atoms with Crippen molar-refractivity contribution in [2.45, 2.75) is 80.8 Å². The molecule has 1 aliphatic rings. The highest BCUT2D eigenvalue weighted by molar-refractivity contribution is 7.58. The highest BCUT2D eigenvalue weighted by Crippen LogP contribution is 2.62. The second-order valence-electron chi connectivity index (χ2n) is 9.11. The van der Waals surface area contributed by atoms with Gasteiger partial charge in [0, 0.05) is 39.0 Å². The molecule has 1 aliphatic heterocycles. The largest absolute Gasteiger partial charge is 0.481 e. The molecule has 1 rings (SSSR count). The van der Waals surface area contributed by atoms with Gasteiger partial charge in [0.2, 0.25) is 5.91 Å². The molecule has 8 heteroatoms. The maximum absolute atomic E-state index is 13.7. The number of carbonyl (C=O) groups is 2. The number of hydrogen-bond donors (Lipinski definition) is 1. The molecule has 168 valence electrons. The number of hydrogen-bond acceptors (Lipinski definition) is 4. The number of carboxylic acid groups (broad SMARTS) is 1. The molecule has 1 saturated heterocycles. The summed E-state index contributed by atoms with van der Waals surface area (Å²) in [6.45, 7) is 14.3. The van der Waals surface area contributed by atoms with E-state index in [4.69, 9.17) is 9.63 Å². The van der Waals surface area contributed by atoms with Crippen LogP contribution in [0.15, 0.2) is 0 Å². The number of piperazine rings is 1. The van der Waals surface area contributed by atoms with Crippen molar-refractivity contribution < 1.29 is 23.8 Å². The lowest BCUT2D eigenvalue weighted by Crippen LogP contribution is -2.49. The van der Waals surface area contributed by atoms with E-state index in [0.29, 0.717) is 39.2 Å². The Kier molecular flexibility index (Phi) is 11.8. The second-order valence-corrected chi connectivity index (χ2v) is 12.3. The summed E-state index contributed by atoms with van der Waals surface area (Å²) >= 11 is 0. The molecule has 1 N–H and O–H groups in total. The predicted molar refractivity (Wildman–Crippen MR) is 116 cm³/mol. The number of carbonyl (C=O) groups excluding carboxylic acids is 1. The van der Waals surface area contributed by atoms with E-state index >= 15 is 0 Å². The molecule has 1 atom stereocenters. The number of aliphatic carboxylic acids is 1. The first kappa shape index (κ1) is 29.3. The molecule has 0 aromatic carbocycles. The molecule has 0 aromatic rings. The van der Waals surface area contributed by atoms with Gasteiger partial charge in [0.1, 0.15) is 0 Å². The van der Waals surface area contributed by atoms with Crippen molar-refractivity contribution in [3.05, 3.63) is 0 Å². The number of amides is 1. The molecular weight excluding hydrogens is 379 g/mol. The van der Waals surface area contributed by atoms with Crippen molar-refractivity contribution in [2.75, 3.05) is 32.8 Å². The van der Waals surface area contributed by atoms with Gasteiger partial charge in [-0.15, -0.1) is 0 Å². The number of nitrogens with zero attached hydrogens (tertiary/aromatic N) is 2. The molecule has 0 bridgehead atoms. The van der Waals surface area contributed by atoms with Gasteiger partial charge in [-0.1, -0.05) is 35.6 Å². The maximum atomic E-state index is 13.7. The quantitative estimate of drug-likeness (QED) is 0.598. The summed E-state index contributed by atoms with van der Waals surface area (Å²) in [6.07, 6.45) is 0.596. The molecule has 7 nitrogen and oxygen atoms in total. The van der Waals surface area contributed by atoms with Gasteiger partial charge in [0.15, 0.2) is 0 Å². The van der Waals surface area contributed by atoms with Gasteiger partial charge < -0.3 is 14.5 Å². The molecule has 0 aliphatic carbocycles. The molecule has 0 radical (unpaired) electrons. The minimum absolute atomic E-state index is 0. The van der Waals surface area contributed by atoms with Crippen LogP contribution < -0.4 is 0 Å². The standard InChI is InChI=1S/C18H35N2O5P.2CH4/c1-17(2,3)14-25-26(24,18(4,5)6)20-12-10-19(11-13-20)15(21)8-7-9-16(22)23;;/h7-14H2,1-6H3,(H,22,23);2*1H4. The Morgan fingerprint density at radius 2 is 1.46 bits per heavy atom. The van der Waals surface area contributed by atoms with Gasteiger partial charge in [0.25, 0.3) is 7.52 Å². The van der Waals surface area contributed by atoms with E-state index < -0.39 is 18.6 Å². The minimum Gasteiger partial charge on any atom is -0.481 e. The van der Waals surface area contributed by atoms with Crippen molar-refractivity contribution in [2.24, 2.45) is 5.41 Å². The SMILES string of the molecule is C.C.CC(C)(C)COP(=O)(N1CCN(C(=O)CCCC(=O)O)CC1)C(C)(C)C. The minimum atomic E-state index is -3.05. The topological polar surface area (TPSA) is 87.2 Å². The fourth-order valence-electron chi connectivity index (χ4n) is 2.74. The zero-order valence-electron chi connectivity index (χ0n) is 17.1. The van der Waals surface area contributed by atoms with Crippen molar-refractivity contribution in [3.63, 3.8) is 0 Å². The summed E-state index contributed by atoms with van der Waals surface area (Å²) in [4.78, 5) is 24.5. The molecule has 1 amide bonds. The van der Waals surface area contributed by atoms with Crippen LogP contribution in [0.3, 0.4) is 0 Å². The third-order valence-electron chi connectivity index (χ3n) is 4.28. The van der Waals surface area contributed by atoms with Gasteiger partial charge in [-0.2, -0.15) is 0 Å². The van der Waals surface area contributed by atoms with Crippen LogP contribution in [0.4, 0.5) is 0 Å². The van der Waals surface area contributed by atoms with Crippen molar-refractivity contribution in [1.82, 2.24) is 9.57 Å². The molecule has 0 aromatic heterocycles. The van der Waals surface area contributed by atoms with Crippen LogP contribution in [-0.2, 0) is 18.7 Å². The Morgan fingerprint density at radius 3 is 1.86 bits per heavy atom. The summed E-state index contributed by atoms with van der Waals surface area (Å²) in [7, 11) is -3.05. The molecular formula is C20H43N2O5P. The fraction of sp³-hybridized carbons (Fsp3) is 0.900. The summed E-state index contributed by atoms with van der Waals surface area (Å²) in [6, 6.07) is 0. The van der Waals surface area contributed by atoms with Crippen LogP contribution in [0.5, 0.6) is 0 Å². The fourth-order valence-corrected chi connectivity index (χ4v) is 5.41. The predicted octanol–water partition coefficient (Wildman–Crippen LogP) is 4.71. The zero-order chi connectivity index (χ0) is 20.2. The van der Waals surface area contributed by atoms with Crippen molar-refractivity contribution in [3.8, 4) is 0 Å². The van der Waals surface area contributed by atoms with Gasteiger partial charge >= 0.3 is 5.97 Å². The van der Waals surface area contributed by atoms with Gasteiger partial charge in [-0.3, -0.25) is 14.2 Å². The van der Waals surface area contributed by atoms with E-state index in [1.54, 1.807) is 4.90 Å². The number of rotatable bonds is 7. The van der Waals surface area contributed by atoms with E-state index in [9.17, 15) is 14.2 Å². The van der Waals surface area contributed by atoms with E-state index in [2.05, 4.69) is 0 Å². The average molecular weight is 423 g/mol.